The molecule has 0 atom stereocenters. The van der Waals surface area contributed by atoms with Crippen LogP contribution in [-0.2, 0) is 4.74 Å². The Morgan fingerprint density at radius 3 is 1.50 bits per heavy atom. The largest absolute Gasteiger partial charge is 0.497 e. The van der Waals surface area contributed by atoms with Gasteiger partial charge in [-0.3, -0.25) is 0 Å². The van der Waals surface area contributed by atoms with Gasteiger partial charge in [0.25, 0.3) is 0 Å². The zero-order valence-electron chi connectivity index (χ0n) is 10.8. The van der Waals surface area contributed by atoms with E-state index in [1.165, 1.54) is 0 Å². The van der Waals surface area contributed by atoms with Gasteiger partial charge < -0.3 is 19.5 Å². The summed E-state index contributed by atoms with van der Waals surface area (Å²) in [6, 6.07) is 7.44. The van der Waals surface area contributed by atoms with Gasteiger partial charge in [0.1, 0.15) is 11.5 Å². The molecule has 1 N–H and O–H groups in total. The summed E-state index contributed by atoms with van der Waals surface area (Å²) in [5.41, 5.74) is 0. The molecule has 0 spiro atoms. The lowest BCUT2D eigenvalue weighted by Gasteiger charge is -2.10. The predicted molar refractivity (Wildman–Crippen MR) is 66.7 cm³/mol. The number of benzene rings is 1. The van der Waals surface area contributed by atoms with Gasteiger partial charge in [0.15, 0.2) is 0 Å². The SMILES string of the molecule is C1COCCN1.COc1ccc(OC)cc1.N#N. The quantitative estimate of drug-likeness (QED) is 0.800. The smallest absolute Gasteiger partial charge is 0.119 e. The van der Waals surface area contributed by atoms with Crippen molar-refractivity contribution in [2.24, 2.45) is 0 Å². The van der Waals surface area contributed by atoms with E-state index in [4.69, 9.17) is 25.0 Å². The fourth-order valence-electron chi connectivity index (χ4n) is 1.23. The van der Waals surface area contributed by atoms with E-state index in [2.05, 4.69) is 5.32 Å². The molecule has 1 fully saturated rings. The zero-order valence-corrected chi connectivity index (χ0v) is 10.8. The molecule has 1 aliphatic rings. The van der Waals surface area contributed by atoms with Crippen LogP contribution < -0.4 is 14.8 Å². The molecular weight excluding hydrogens is 234 g/mol. The van der Waals surface area contributed by atoms with Crippen LogP contribution in [0.5, 0.6) is 11.5 Å². The first-order chi connectivity index (χ1) is 8.86. The molecule has 0 amide bonds. The van der Waals surface area contributed by atoms with E-state index < -0.39 is 0 Å². The number of hydrogen-bond donors (Lipinski definition) is 1. The third-order valence-electron chi connectivity index (χ3n) is 2.14. The highest BCUT2D eigenvalue weighted by Gasteiger charge is 1.93. The number of ether oxygens (including phenoxy) is 3. The molecule has 1 heterocycles. The molecule has 1 aromatic rings. The van der Waals surface area contributed by atoms with E-state index >= 15 is 0 Å². The van der Waals surface area contributed by atoms with Crippen LogP contribution in [-0.4, -0.2) is 40.5 Å². The second-order valence-electron chi connectivity index (χ2n) is 3.24. The highest BCUT2D eigenvalue weighted by atomic mass is 16.5. The van der Waals surface area contributed by atoms with Crippen molar-refractivity contribution in [1.82, 2.24) is 5.32 Å². The Kier molecular flexibility index (Phi) is 10.4. The normalized spacial score (nSPS) is 13.1. The summed E-state index contributed by atoms with van der Waals surface area (Å²) < 4.78 is 14.9. The van der Waals surface area contributed by atoms with Crippen molar-refractivity contribution in [2.45, 2.75) is 0 Å². The Hall–Kier alpha value is -1.84. The third-order valence-corrected chi connectivity index (χ3v) is 2.14. The van der Waals surface area contributed by atoms with Crippen LogP contribution in [0.2, 0.25) is 0 Å². The Bertz CT molecular complexity index is 276. The highest BCUT2D eigenvalue weighted by molar-refractivity contribution is 5.30. The number of nitrogens with one attached hydrogen (secondary N) is 1. The van der Waals surface area contributed by atoms with Gasteiger partial charge in [0.05, 0.1) is 27.4 Å². The Labute approximate surface area is 107 Å². The van der Waals surface area contributed by atoms with E-state index in [9.17, 15) is 0 Å². The van der Waals surface area contributed by atoms with Gasteiger partial charge in [0.2, 0.25) is 0 Å². The summed E-state index contributed by atoms with van der Waals surface area (Å²) in [7, 11) is 3.28. The molecule has 1 saturated heterocycles. The van der Waals surface area contributed by atoms with E-state index in [1.54, 1.807) is 14.2 Å². The molecule has 0 unspecified atom stereocenters. The van der Waals surface area contributed by atoms with E-state index in [0.717, 1.165) is 37.8 Å². The van der Waals surface area contributed by atoms with Gasteiger partial charge in [0, 0.05) is 23.9 Å². The maximum atomic E-state index is 6.00. The Morgan fingerprint density at radius 1 is 0.944 bits per heavy atom. The van der Waals surface area contributed by atoms with E-state index in [0.29, 0.717) is 0 Å². The standard InChI is InChI=1S/C8H10O2.C4H9NO.N2/c1-9-7-3-5-8(10-2)6-4-7;1-3-6-4-2-5-1;1-2/h3-6H,1-2H3;5H,1-4H2;. The number of methoxy groups -OCH3 is 2. The maximum absolute atomic E-state index is 6.00. The molecule has 0 aromatic heterocycles. The first-order valence-electron chi connectivity index (χ1n) is 5.53. The van der Waals surface area contributed by atoms with Crippen molar-refractivity contribution in [2.75, 3.05) is 40.5 Å². The molecule has 1 aromatic carbocycles. The zero-order chi connectivity index (χ0) is 13.6. The molecule has 0 bridgehead atoms. The van der Waals surface area contributed by atoms with Gasteiger partial charge >= 0.3 is 0 Å². The number of morpholine rings is 1. The first kappa shape index (κ1) is 16.2. The average Bonchev–Trinajstić information content (AvgIpc) is 2.52. The predicted octanol–water partition coefficient (Wildman–Crippen LogP) is 1.34. The number of hydrogen-bond acceptors (Lipinski definition) is 6. The second kappa shape index (κ2) is 11.6. The third kappa shape index (κ3) is 7.44. The van der Waals surface area contributed by atoms with Crippen molar-refractivity contribution in [3.05, 3.63) is 24.3 Å². The van der Waals surface area contributed by atoms with Crippen LogP contribution in [0.4, 0.5) is 0 Å². The van der Waals surface area contributed by atoms with Gasteiger partial charge in [-0.2, -0.15) is 0 Å². The van der Waals surface area contributed by atoms with Crippen LogP contribution in [0.25, 0.3) is 0 Å². The fraction of sp³-hybridized carbons (Fsp3) is 0.500. The van der Waals surface area contributed by atoms with E-state index in [-0.39, 0.29) is 0 Å². The molecule has 0 aliphatic carbocycles. The Morgan fingerprint density at radius 2 is 1.33 bits per heavy atom. The fourth-order valence-corrected chi connectivity index (χ4v) is 1.23. The summed E-state index contributed by atoms with van der Waals surface area (Å²) >= 11 is 0. The lowest BCUT2D eigenvalue weighted by Crippen LogP contribution is -2.30. The summed E-state index contributed by atoms with van der Waals surface area (Å²) in [4.78, 5) is 0. The van der Waals surface area contributed by atoms with Crippen molar-refractivity contribution in [3.8, 4) is 11.5 Å². The van der Waals surface area contributed by atoms with Gasteiger partial charge in [-0.25, -0.2) is 0 Å². The monoisotopic (exact) mass is 253 g/mol. The minimum Gasteiger partial charge on any atom is -0.497 e. The molecule has 0 saturated carbocycles. The summed E-state index contributed by atoms with van der Waals surface area (Å²) in [5.74, 6) is 1.70. The van der Waals surface area contributed by atoms with Gasteiger partial charge in [-0.1, -0.05) is 0 Å². The van der Waals surface area contributed by atoms with Crippen LogP contribution in [0, 0.1) is 10.8 Å². The molecule has 1 aliphatic heterocycles. The van der Waals surface area contributed by atoms with Crippen molar-refractivity contribution < 1.29 is 14.2 Å². The highest BCUT2D eigenvalue weighted by Crippen LogP contribution is 2.15. The van der Waals surface area contributed by atoms with Crippen LogP contribution in [0.15, 0.2) is 24.3 Å². The topological polar surface area (TPSA) is 87.3 Å². The van der Waals surface area contributed by atoms with Crippen LogP contribution in [0.3, 0.4) is 0 Å². The number of nitrogens with zero attached hydrogens (tertiary/aromatic N) is 2. The van der Waals surface area contributed by atoms with Gasteiger partial charge in [-0.05, 0) is 24.3 Å². The maximum Gasteiger partial charge on any atom is 0.119 e. The van der Waals surface area contributed by atoms with Crippen molar-refractivity contribution in [1.29, 1.82) is 10.8 Å². The lowest BCUT2D eigenvalue weighted by atomic mass is 10.3. The minimum absolute atomic E-state index is 0.848. The first-order valence-corrected chi connectivity index (χ1v) is 5.53. The van der Waals surface area contributed by atoms with E-state index in [1.807, 2.05) is 24.3 Å². The molecule has 2 rings (SSSR count). The molecular formula is C12H19N3O3. The Balaban J connectivity index is 0.000000308. The second-order valence-corrected chi connectivity index (χ2v) is 3.24. The molecule has 100 valence electrons. The molecule has 18 heavy (non-hydrogen) atoms. The minimum atomic E-state index is 0.848. The molecule has 6 heteroatoms. The van der Waals surface area contributed by atoms with Crippen molar-refractivity contribution >= 4 is 0 Å². The van der Waals surface area contributed by atoms with Gasteiger partial charge in [-0.15, -0.1) is 0 Å². The average molecular weight is 253 g/mol. The molecule has 6 nitrogen and oxygen atoms in total. The summed E-state index contributed by atoms with van der Waals surface area (Å²) in [6.07, 6.45) is 0. The van der Waals surface area contributed by atoms with Crippen LogP contribution in [0.1, 0.15) is 0 Å². The lowest BCUT2D eigenvalue weighted by molar-refractivity contribution is 0.109. The summed E-state index contributed by atoms with van der Waals surface area (Å²) in [6.45, 7) is 3.83. The molecule has 0 radical (unpaired) electrons. The summed E-state index contributed by atoms with van der Waals surface area (Å²) in [5, 5.41) is 15.2. The number of rotatable bonds is 2. The van der Waals surface area contributed by atoms with Crippen molar-refractivity contribution in [3.63, 3.8) is 0 Å². The van der Waals surface area contributed by atoms with Crippen LogP contribution >= 0.6 is 0 Å².